The lowest BCUT2D eigenvalue weighted by Gasteiger charge is -2.21. The Hall–Kier alpha value is -4.72. The van der Waals surface area contributed by atoms with Crippen molar-refractivity contribution in [2.75, 3.05) is 0 Å². The maximum absolute atomic E-state index is 2.31. The zero-order valence-electron chi connectivity index (χ0n) is 24.7. The van der Waals surface area contributed by atoms with E-state index in [0.29, 0.717) is 0 Å². The molecule has 206 valence electrons. The zero-order chi connectivity index (χ0) is 29.1. The van der Waals surface area contributed by atoms with Crippen LogP contribution in [0.15, 0.2) is 140 Å². The third-order valence-electron chi connectivity index (χ3n) is 8.86. The molecule has 0 amide bonds. The van der Waals surface area contributed by atoms with Crippen LogP contribution >= 0.6 is 11.3 Å². The molecular formula is C42H32S. The molecule has 0 spiro atoms. The first-order valence-electron chi connectivity index (χ1n) is 15.0. The van der Waals surface area contributed by atoms with E-state index in [1.54, 1.807) is 0 Å². The maximum Gasteiger partial charge on any atom is 0.0433 e. The van der Waals surface area contributed by atoms with Crippen LogP contribution in [0.2, 0.25) is 0 Å². The lowest BCUT2D eigenvalue weighted by Crippen LogP contribution is -2.10. The van der Waals surface area contributed by atoms with Gasteiger partial charge in [0, 0.05) is 20.2 Å². The molecule has 1 heterocycles. The van der Waals surface area contributed by atoms with Gasteiger partial charge in [-0.1, -0.05) is 154 Å². The Balaban J connectivity index is 1.31. The van der Waals surface area contributed by atoms with Crippen molar-refractivity contribution in [3.63, 3.8) is 0 Å². The van der Waals surface area contributed by atoms with Crippen molar-refractivity contribution in [3.8, 4) is 33.4 Å². The number of hydrogen-bond donors (Lipinski definition) is 0. The first-order chi connectivity index (χ1) is 21.0. The van der Waals surface area contributed by atoms with E-state index >= 15 is 0 Å². The molecular weight excluding hydrogens is 537 g/mol. The number of thiophene rings is 1. The first-order valence-corrected chi connectivity index (χ1v) is 15.8. The Bertz CT molecular complexity index is 2240. The van der Waals surface area contributed by atoms with E-state index in [1.807, 2.05) is 11.3 Å². The Morgan fingerprint density at radius 2 is 0.837 bits per heavy atom. The van der Waals surface area contributed by atoms with E-state index in [2.05, 4.69) is 160 Å². The third-order valence-corrected chi connectivity index (χ3v) is 10.1. The van der Waals surface area contributed by atoms with E-state index < -0.39 is 0 Å². The van der Waals surface area contributed by atoms with Crippen LogP contribution in [0.5, 0.6) is 0 Å². The zero-order valence-corrected chi connectivity index (χ0v) is 25.5. The normalized spacial score (nSPS) is 12.1. The largest absolute Gasteiger partial charge is 0.135 e. The fourth-order valence-electron chi connectivity index (χ4n) is 6.68. The van der Waals surface area contributed by atoms with Crippen LogP contribution in [0.4, 0.5) is 0 Å². The standard InChI is InChI=1S/C42H32S/c1-42(2,3)30-25-23-29(24-26-30)40-35-14-6-4-12-33(35)39(34-13-5-7-15-36(34)40)28-21-19-27(20-22-28)31-16-10-17-37-32-11-8-9-18-38(32)43-41(31)37/h4-26H,1-3H3. The van der Waals surface area contributed by atoms with Gasteiger partial charge in [0.1, 0.15) is 0 Å². The lowest BCUT2D eigenvalue weighted by molar-refractivity contribution is 0.590. The van der Waals surface area contributed by atoms with E-state index in [1.165, 1.54) is 80.7 Å². The van der Waals surface area contributed by atoms with E-state index in [4.69, 9.17) is 0 Å². The summed E-state index contributed by atoms with van der Waals surface area (Å²) < 4.78 is 2.70. The molecule has 0 aliphatic heterocycles. The van der Waals surface area contributed by atoms with Crippen molar-refractivity contribution in [3.05, 3.63) is 145 Å². The summed E-state index contributed by atoms with van der Waals surface area (Å²) in [5.74, 6) is 0. The first kappa shape index (κ1) is 25.9. The van der Waals surface area contributed by atoms with Crippen LogP contribution < -0.4 is 0 Å². The second-order valence-corrected chi connectivity index (χ2v) is 13.6. The molecule has 7 aromatic carbocycles. The minimum absolute atomic E-state index is 0.126. The summed E-state index contributed by atoms with van der Waals surface area (Å²) >= 11 is 1.89. The molecule has 0 saturated heterocycles. The van der Waals surface area contributed by atoms with Crippen LogP contribution in [0.1, 0.15) is 26.3 Å². The van der Waals surface area contributed by atoms with Crippen LogP contribution in [-0.4, -0.2) is 0 Å². The molecule has 0 atom stereocenters. The van der Waals surface area contributed by atoms with Gasteiger partial charge < -0.3 is 0 Å². The molecule has 0 nitrogen and oxygen atoms in total. The molecule has 8 rings (SSSR count). The van der Waals surface area contributed by atoms with Crippen molar-refractivity contribution >= 4 is 53.1 Å². The molecule has 0 aliphatic rings. The minimum atomic E-state index is 0.126. The topological polar surface area (TPSA) is 0 Å². The van der Waals surface area contributed by atoms with E-state index in [9.17, 15) is 0 Å². The monoisotopic (exact) mass is 568 g/mol. The van der Waals surface area contributed by atoms with Crippen molar-refractivity contribution in [2.24, 2.45) is 0 Å². The van der Waals surface area contributed by atoms with Gasteiger partial charge >= 0.3 is 0 Å². The van der Waals surface area contributed by atoms with Crippen molar-refractivity contribution < 1.29 is 0 Å². The van der Waals surface area contributed by atoms with Gasteiger partial charge in [-0.05, 0) is 72.0 Å². The molecule has 0 unspecified atom stereocenters. The number of fused-ring (bicyclic) bond motifs is 5. The van der Waals surface area contributed by atoms with Gasteiger partial charge in [0.2, 0.25) is 0 Å². The smallest absolute Gasteiger partial charge is 0.0433 e. The Morgan fingerprint density at radius 3 is 1.37 bits per heavy atom. The van der Waals surface area contributed by atoms with Gasteiger partial charge in [0.15, 0.2) is 0 Å². The molecule has 1 aromatic heterocycles. The van der Waals surface area contributed by atoms with Gasteiger partial charge in [-0.15, -0.1) is 11.3 Å². The van der Waals surface area contributed by atoms with E-state index in [-0.39, 0.29) is 5.41 Å². The van der Waals surface area contributed by atoms with Gasteiger partial charge in [-0.25, -0.2) is 0 Å². The third kappa shape index (κ3) is 4.27. The van der Waals surface area contributed by atoms with Crippen LogP contribution in [-0.2, 0) is 5.41 Å². The summed E-state index contributed by atoms with van der Waals surface area (Å²) in [6.07, 6.45) is 0. The second kappa shape index (κ2) is 9.93. The molecule has 0 fully saturated rings. The number of benzene rings is 7. The summed E-state index contributed by atoms with van der Waals surface area (Å²) in [6, 6.07) is 51.7. The summed E-state index contributed by atoms with van der Waals surface area (Å²) in [5.41, 5.74) is 9.15. The Labute approximate surface area is 256 Å². The predicted octanol–water partition coefficient (Wildman–Crippen LogP) is 12.7. The second-order valence-electron chi connectivity index (χ2n) is 12.5. The molecule has 0 bridgehead atoms. The van der Waals surface area contributed by atoms with Crippen LogP contribution in [0, 0.1) is 0 Å². The van der Waals surface area contributed by atoms with Gasteiger partial charge in [-0.2, -0.15) is 0 Å². The van der Waals surface area contributed by atoms with Crippen molar-refractivity contribution in [1.82, 2.24) is 0 Å². The molecule has 1 heteroatoms. The number of rotatable bonds is 3. The molecule has 0 aliphatic carbocycles. The van der Waals surface area contributed by atoms with Gasteiger partial charge in [-0.3, -0.25) is 0 Å². The summed E-state index contributed by atoms with van der Waals surface area (Å²) in [7, 11) is 0. The average molecular weight is 569 g/mol. The Kier molecular flexibility index (Phi) is 6.00. The van der Waals surface area contributed by atoms with Crippen LogP contribution in [0.3, 0.4) is 0 Å². The number of hydrogen-bond acceptors (Lipinski definition) is 1. The predicted molar refractivity (Wildman–Crippen MR) is 189 cm³/mol. The minimum Gasteiger partial charge on any atom is -0.135 e. The van der Waals surface area contributed by atoms with Gasteiger partial charge in [0.05, 0.1) is 0 Å². The average Bonchev–Trinajstić information content (AvgIpc) is 3.42. The van der Waals surface area contributed by atoms with Crippen molar-refractivity contribution in [1.29, 1.82) is 0 Å². The highest BCUT2D eigenvalue weighted by Gasteiger charge is 2.18. The molecule has 0 radical (unpaired) electrons. The van der Waals surface area contributed by atoms with E-state index in [0.717, 1.165) is 0 Å². The van der Waals surface area contributed by atoms with Crippen molar-refractivity contribution in [2.45, 2.75) is 26.2 Å². The summed E-state index contributed by atoms with van der Waals surface area (Å²) in [6.45, 7) is 6.82. The van der Waals surface area contributed by atoms with Gasteiger partial charge in [0.25, 0.3) is 0 Å². The fraction of sp³-hybridized carbons (Fsp3) is 0.0952. The highest BCUT2D eigenvalue weighted by Crippen LogP contribution is 2.45. The fourth-order valence-corrected chi connectivity index (χ4v) is 7.92. The Morgan fingerprint density at radius 1 is 0.395 bits per heavy atom. The lowest BCUT2D eigenvalue weighted by atomic mass is 9.83. The summed E-state index contributed by atoms with van der Waals surface area (Å²) in [4.78, 5) is 0. The highest BCUT2D eigenvalue weighted by molar-refractivity contribution is 7.26. The SMILES string of the molecule is CC(C)(C)c1ccc(-c2c3ccccc3c(-c3ccc(-c4cccc5c4sc4ccccc45)cc3)c3ccccc23)cc1. The maximum atomic E-state index is 2.31. The highest BCUT2D eigenvalue weighted by atomic mass is 32.1. The molecule has 0 saturated carbocycles. The molecule has 8 aromatic rings. The quantitative estimate of drug-likeness (QED) is 0.186. The van der Waals surface area contributed by atoms with Crippen LogP contribution in [0.25, 0.3) is 75.1 Å². The molecule has 0 N–H and O–H groups in total. The molecule has 43 heavy (non-hydrogen) atoms. The summed E-state index contributed by atoms with van der Waals surface area (Å²) in [5, 5.41) is 7.83.